The van der Waals surface area contributed by atoms with E-state index in [-0.39, 0.29) is 12.2 Å². The number of fused-ring (bicyclic) bond motifs is 1. The van der Waals surface area contributed by atoms with Crippen LogP contribution in [0.3, 0.4) is 0 Å². The third kappa shape index (κ3) is 2.92. The number of aromatic amines is 1. The molecule has 108 valence electrons. The molecular formula is C14H12ClN3O2S. The van der Waals surface area contributed by atoms with Crippen LogP contribution in [0, 0.1) is 0 Å². The molecule has 0 aliphatic heterocycles. The Balaban J connectivity index is 1.85. The van der Waals surface area contributed by atoms with E-state index in [9.17, 15) is 4.79 Å². The van der Waals surface area contributed by atoms with E-state index in [2.05, 4.69) is 9.97 Å². The van der Waals surface area contributed by atoms with E-state index in [1.807, 2.05) is 11.4 Å². The lowest BCUT2D eigenvalue weighted by Crippen LogP contribution is -2.13. The van der Waals surface area contributed by atoms with Crippen molar-refractivity contribution in [2.24, 2.45) is 5.73 Å². The van der Waals surface area contributed by atoms with Crippen LogP contribution in [0.5, 0.6) is 5.75 Å². The van der Waals surface area contributed by atoms with E-state index in [0.29, 0.717) is 33.4 Å². The molecule has 0 bridgehead atoms. The zero-order valence-corrected chi connectivity index (χ0v) is 12.5. The Kier molecular flexibility index (Phi) is 3.92. The minimum absolute atomic E-state index is 0.149. The number of hydrogen-bond donors (Lipinski definition) is 2. The van der Waals surface area contributed by atoms with E-state index in [0.717, 1.165) is 5.56 Å². The number of nitrogens with zero attached hydrogens (tertiary/aromatic N) is 1. The average molecular weight is 322 g/mol. The van der Waals surface area contributed by atoms with Gasteiger partial charge in [0.15, 0.2) is 0 Å². The molecule has 0 radical (unpaired) electrons. The van der Waals surface area contributed by atoms with Gasteiger partial charge in [-0.05, 0) is 29.6 Å². The molecule has 3 aromatic rings. The molecule has 3 rings (SSSR count). The van der Waals surface area contributed by atoms with Gasteiger partial charge in [-0.2, -0.15) is 0 Å². The Morgan fingerprint density at radius 2 is 2.24 bits per heavy atom. The summed E-state index contributed by atoms with van der Waals surface area (Å²) in [5.41, 5.74) is 7.00. The van der Waals surface area contributed by atoms with Gasteiger partial charge in [0, 0.05) is 17.1 Å². The van der Waals surface area contributed by atoms with E-state index < -0.39 is 0 Å². The van der Waals surface area contributed by atoms with Crippen LogP contribution in [-0.2, 0) is 13.2 Å². The van der Waals surface area contributed by atoms with Crippen LogP contribution in [0.1, 0.15) is 11.4 Å². The number of ether oxygens (including phenoxy) is 1. The molecule has 0 fully saturated rings. The molecule has 3 N–H and O–H groups in total. The number of rotatable bonds is 4. The summed E-state index contributed by atoms with van der Waals surface area (Å²) in [5, 5.41) is 2.44. The zero-order valence-electron chi connectivity index (χ0n) is 10.9. The van der Waals surface area contributed by atoms with Gasteiger partial charge < -0.3 is 15.5 Å². The lowest BCUT2D eigenvalue weighted by molar-refractivity contribution is 0.293. The van der Waals surface area contributed by atoms with Crippen molar-refractivity contribution in [3.05, 3.63) is 56.4 Å². The highest BCUT2D eigenvalue weighted by Crippen LogP contribution is 2.23. The molecule has 0 amide bonds. The van der Waals surface area contributed by atoms with Crippen molar-refractivity contribution in [2.75, 3.05) is 0 Å². The third-order valence-electron chi connectivity index (χ3n) is 2.97. The maximum Gasteiger partial charge on any atom is 0.268 e. The third-order valence-corrected chi connectivity index (χ3v) is 4.11. The van der Waals surface area contributed by atoms with Crippen LogP contribution in [0.15, 0.2) is 34.4 Å². The van der Waals surface area contributed by atoms with E-state index in [1.165, 1.54) is 11.3 Å². The number of benzene rings is 1. The van der Waals surface area contributed by atoms with Crippen molar-refractivity contribution < 1.29 is 4.74 Å². The normalized spacial score (nSPS) is 11.0. The summed E-state index contributed by atoms with van der Waals surface area (Å²) in [6, 6.07) is 7.06. The first-order valence-electron chi connectivity index (χ1n) is 6.25. The van der Waals surface area contributed by atoms with Gasteiger partial charge in [0.05, 0.1) is 5.52 Å². The molecule has 0 saturated carbocycles. The van der Waals surface area contributed by atoms with Gasteiger partial charge in [0.2, 0.25) is 0 Å². The van der Waals surface area contributed by atoms with Crippen LogP contribution in [0.2, 0.25) is 5.02 Å². The highest BCUT2D eigenvalue weighted by molar-refractivity contribution is 7.17. The molecule has 7 heteroatoms. The highest BCUT2D eigenvalue weighted by atomic mass is 35.5. The Hall–Kier alpha value is -1.89. The van der Waals surface area contributed by atoms with Crippen LogP contribution in [0.25, 0.3) is 10.2 Å². The fourth-order valence-corrected chi connectivity index (χ4v) is 2.90. The fraction of sp³-hybridized carbons (Fsp3) is 0.143. The summed E-state index contributed by atoms with van der Waals surface area (Å²) in [6.07, 6.45) is 0. The minimum Gasteiger partial charge on any atom is -0.485 e. The molecule has 5 nitrogen and oxygen atoms in total. The van der Waals surface area contributed by atoms with E-state index >= 15 is 0 Å². The van der Waals surface area contributed by atoms with Crippen molar-refractivity contribution in [3.63, 3.8) is 0 Å². The van der Waals surface area contributed by atoms with Crippen LogP contribution < -0.4 is 16.0 Å². The van der Waals surface area contributed by atoms with Gasteiger partial charge in [-0.3, -0.25) is 4.79 Å². The second-order valence-electron chi connectivity index (χ2n) is 4.39. The first kappa shape index (κ1) is 14.1. The molecule has 0 aliphatic carbocycles. The summed E-state index contributed by atoms with van der Waals surface area (Å²) in [6.45, 7) is 0.485. The molecule has 0 unspecified atom stereocenters. The second kappa shape index (κ2) is 5.85. The minimum atomic E-state index is -0.149. The van der Waals surface area contributed by atoms with Crippen molar-refractivity contribution in [3.8, 4) is 5.75 Å². The maximum atomic E-state index is 11.9. The van der Waals surface area contributed by atoms with Gasteiger partial charge in [-0.15, -0.1) is 11.3 Å². The van der Waals surface area contributed by atoms with Gasteiger partial charge in [-0.1, -0.05) is 11.6 Å². The van der Waals surface area contributed by atoms with Gasteiger partial charge in [0.1, 0.15) is 22.9 Å². The largest absolute Gasteiger partial charge is 0.485 e. The van der Waals surface area contributed by atoms with Crippen LogP contribution >= 0.6 is 22.9 Å². The fourth-order valence-electron chi connectivity index (χ4n) is 1.98. The Morgan fingerprint density at radius 3 is 3.05 bits per heavy atom. The number of nitrogens with one attached hydrogen (secondary N) is 1. The molecule has 2 aromatic heterocycles. The molecular weight excluding hydrogens is 310 g/mol. The van der Waals surface area contributed by atoms with Crippen molar-refractivity contribution in [2.45, 2.75) is 13.2 Å². The number of hydrogen-bond acceptors (Lipinski definition) is 5. The monoisotopic (exact) mass is 321 g/mol. The van der Waals surface area contributed by atoms with E-state index in [4.69, 9.17) is 22.1 Å². The lowest BCUT2D eigenvalue weighted by atomic mass is 10.2. The first-order chi connectivity index (χ1) is 10.2. The molecule has 0 saturated heterocycles. The average Bonchev–Trinajstić information content (AvgIpc) is 2.94. The van der Waals surface area contributed by atoms with Crippen LogP contribution in [0.4, 0.5) is 0 Å². The van der Waals surface area contributed by atoms with Crippen molar-refractivity contribution in [1.82, 2.24) is 9.97 Å². The quantitative estimate of drug-likeness (QED) is 0.774. The number of thiophene rings is 1. The SMILES string of the molecule is NCc1cc(Cl)ccc1OCc1nc2ccsc2c(=O)[nH]1. The molecule has 21 heavy (non-hydrogen) atoms. The molecule has 1 aromatic carbocycles. The second-order valence-corrected chi connectivity index (χ2v) is 5.74. The van der Waals surface area contributed by atoms with Crippen molar-refractivity contribution >= 4 is 33.2 Å². The summed E-state index contributed by atoms with van der Waals surface area (Å²) in [5.74, 6) is 1.11. The number of halogens is 1. The molecule has 2 heterocycles. The van der Waals surface area contributed by atoms with Gasteiger partial charge in [-0.25, -0.2) is 4.98 Å². The zero-order chi connectivity index (χ0) is 14.8. The number of H-pyrrole nitrogens is 1. The predicted octanol–water partition coefficient (Wildman–Crippen LogP) is 2.68. The topological polar surface area (TPSA) is 81.0 Å². The first-order valence-corrected chi connectivity index (χ1v) is 7.51. The molecule has 0 aliphatic rings. The van der Waals surface area contributed by atoms with Crippen molar-refractivity contribution in [1.29, 1.82) is 0 Å². The van der Waals surface area contributed by atoms with E-state index in [1.54, 1.807) is 18.2 Å². The number of aromatic nitrogens is 2. The summed E-state index contributed by atoms with van der Waals surface area (Å²) >= 11 is 7.28. The Morgan fingerprint density at radius 1 is 1.38 bits per heavy atom. The molecule has 0 atom stereocenters. The standard InChI is InChI=1S/C14H12ClN3O2S/c15-9-1-2-11(8(5-9)6-16)20-7-12-17-10-3-4-21-13(10)14(19)18-12/h1-5H,6-7,16H2,(H,17,18,19). The molecule has 0 spiro atoms. The van der Waals surface area contributed by atoms with Crippen LogP contribution in [-0.4, -0.2) is 9.97 Å². The highest BCUT2D eigenvalue weighted by Gasteiger charge is 2.07. The number of nitrogens with two attached hydrogens (primary N) is 1. The predicted molar refractivity (Wildman–Crippen MR) is 83.9 cm³/mol. The smallest absolute Gasteiger partial charge is 0.268 e. The Labute approximate surface area is 129 Å². The van der Waals surface area contributed by atoms with Gasteiger partial charge >= 0.3 is 0 Å². The Bertz CT molecular complexity index is 844. The summed E-state index contributed by atoms with van der Waals surface area (Å²) in [7, 11) is 0. The lowest BCUT2D eigenvalue weighted by Gasteiger charge is -2.10. The van der Waals surface area contributed by atoms with Gasteiger partial charge in [0.25, 0.3) is 5.56 Å². The maximum absolute atomic E-state index is 11.9. The summed E-state index contributed by atoms with van der Waals surface area (Å²) in [4.78, 5) is 18.9. The summed E-state index contributed by atoms with van der Waals surface area (Å²) < 4.78 is 6.30.